The molecule has 2 heterocycles. The second-order valence-electron chi connectivity index (χ2n) is 5.28. The minimum absolute atomic E-state index is 0.00323. The lowest BCUT2D eigenvalue weighted by Crippen LogP contribution is -2.39. The number of nitro groups is 1. The van der Waals surface area contributed by atoms with Gasteiger partial charge in [-0.1, -0.05) is 12.1 Å². The zero-order valence-electron chi connectivity index (χ0n) is 12.9. The molecule has 0 bridgehead atoms. The summed E-state index contributed by atoms with van der Waals surface area (Å²) in [5.41, 5.74) is 0.617. The zero-order valence-corrected chi connectivity index (χ0v) is 12.9. The maximum absolute atomic E-state index is 12.0. The Morgan fingerprint density at radius 1 is 1.21 bits per heavy atom. The standard InChI is InChI=1S/C17H16N2O5/c20-17(18-8-10-23-11-9-18)7-5-15-4-6-16(24-15)13-2-1-3-14(12-13)19(21)22/h1-7,12H,8-11H2/b7-5+. The van der Waals surface area contributed by atoms with Gasteiger partial charge in [0, 0.05) is 36.9 Å². The van der Waals surface area contributed by atoms with E-state index in [1.165, 1.54) is 18.2 Å². The highest BCUT2D eigenvalue weighted by molar-refractivity contribution is 5.91. The number of rotatable bonds is 4. The van der Waals surface area contributed by atoms with Gasteiger partial charge in [0.15, 0.2) is 0 Å². The number of hydrogen-bond donors (Lipinski definition) is 0. The number of nitrogens with zero attached hydrogens (tertiary/aromatic N) is 2. The van der Waals surface area contributed by atoms with Gasteiger partial charge in [0.1, 0.15) is 11.5 Å². The van der Waals surface area contributed by atoms with Crippen LogP contribution in [0.5, 0.6) is 0 Å². The van der Waals surface area contributed by atoms with Gasteiger partial charge >= 0.3 is 0 Å². The van der Waals surface area contributed by atoms with Crippen molar-refractivity contribution in [3.63, 3.8) is 0 Å². The Kier molecular flexibility index (Phi) is 4.72. The van der Waals surface area contributed by atoms with E-state index in [0.29, 0.717) is 43.4 Å². The number of benzene rings is 1. The predicted molar refractivity (Wildman–Crippen MR) is 87.2 cm³/mol. The number of furan rings is 1. The molecule has 0 saturated carbocycles. The second-order valence-corrected chi connectivity index (χ2v) is 5.28. The third-order valence-corrected chi connectivity index (χ3v) is 3.68. The third-order valence-electron chi connectivity index (χ3n) is 3.68. The smallest absolute Gasteiger partial charge is 0.270 e. The summed E-state index contributed by atoms with van der Waals surface area (Å²) in [6.07, 6.45) is 3.06. The Morgan fingerprint density at radius 2 is 2.00 bits per heavy atom. The summed E-state index contributed by atoms with van der Waals surface area (Å²) < 4.78 is 10.8. The first-order chi connectivity index (χ1) is 11.6. The third kappa shape index (κ3) is 3.69. The fourth-order valence-electron chi connectivity index (χ4n) is 2.41. The Hall–Kier alpha value is -2.93. The van der Waals surface area contributed by atoms with Crippen molar-refractivity contribution in [2.24, 2.45) is 0 Å². The van der Waals surface area contributed by atoms with Gasteiger partial charge in [0.2, 0.25) is 5.91 Å². The largest absolute Gasteiger partial charge is 0.457 e. The van der Waals surface area contributed by atoms with Crippen LogP contribution in [0.25, 0.3) is 17.4 Å². The Morgan fingerprint density at radius 3 is 2.75 bits per heavy atom. The van der Waals surface area contributed by atoms with Crippen LogP contribution in [0.15, 0.2) is 46.9 Å². The molecule has 1 amide bonds. The summed E-state index contributed by atoms with van der Waals surface area (Å²) in [7, 11) is 0. The molecule has 1 aliphatic rings. The monoisotopic (exact) mass is 328 g/mol. The summed E-state index contributed by atoms with van der Waals surface area (Å²) in [4.78, 5) is 24.1. The van der Waals surface area contributed by atoms with Crippen molar-refractivity contribution in [3.05, 3.63) is 58.3 Å². The number of morpholine rings is 1. The van der Waals surface area contributed by atoms with Crippen molar-refractivity contribution < 1.29 is 18.9 Å². The molecule has 0 atom stereocenters. The van der Waals surface area contributed by atoms with E-state index < -0.39 is 4.92 Å². The van der Waals surface area contributed by atoms with Crippen LogP contribution >= 0.6 is 0 Å². The van der Waals surface area contributed by atoms with Crippen molar-refractivity contribution in [3.8, 4) is 11.3 Å². The Balaban J connectivity index is 1.71. The van der Waals surface area contributed by atoms with Crippen molar-refractivity contribution in [1.82, 2.24) is 4.90 Å². The van der Waals surface area contributed by atoms with E-state index in [9.17, 15) is 14.9 Å². The van der Waals surface area contributed by atoms with Gasteiger partial charge in [-0.25, -0.2) is 0 Å². The molecule has 1 fully saturated rings. The van der Waals surface area contributed by atoms with Gasteiger partial charge < -0.3 is 14.1 Å². The number of nitro benzene ring substituents is 1. The summed E-state index contributed by atoms with van der Waals surface area (Å²) in [5, 5.41) is 10.8. The van der Waals surface area contributed by atoms with E-state index >= 15 is 0 Å². The molecule has 1 saturated heterocycles. The summed E-state index contributed by atoms with van der Waals surface area (Å²) >= 11 is 0. The number of hydrogen-bond acceptors (Lipinski definition) is 5. The van der Waals surface area contributed by atoms with E-state index in [4.69, 9.17) is 9.15 Å². The molecule has 0 spiro atoms. The summed E-state index contributed by atoms with van der Waals surface area (Å²) in [6.45, 7) is 2.27. The van der Waals surface area contributed by atoms with Crippen LogP contribution in [0, 0.1) is 10.1 Å². The molecule has 1 aliphatic heterocycles. The average molecular weight is 328 g/mol. The highest BCUT2D eigenvalue weighted by atomic mass is 16.6. The van der Waals surface area contributed by atoms with Crippen LogP contribution in [-0.4, -0.2) is 42.0 Å². The van der Waals surface area contributed by atoms with Crippen molar-refractivity contribution in [2.45, 2.75) is 0 Å². The van der Waals surface area contributed by atoms with Gasteiger partial charge in [0.25, 0.3) is 5.69 Å². The Bertz CT molecular complexity index is 775. The fraction of sp³-hybridized carbons (Fsp3) is 0.235. The zero-order chi connectivity index (χ0) is 16.9. The molecule has 2 aromatic rings. The van der Waals surface area contributed by atoms with Crippen LogP contribution in [0.2, 0.25) is 0 Å². The molecule has 0 unspecified atom stereocenters. The van der Waals surface area contributed by atoms with Crippen LogP contribution in [0.3, 0.4) is 0 Å². The Labute approximate surface area is 138 Å². The topological polar surface area (TPSA) is 85.8 Å². The first-order valence-electron chi connectivity index (χ1n) is 7.53. The molecule has 7 heteroatoms. The van der Waals surface area contributed by atoms with Crippen molar-refractivity contribution >= 4 is 17.7 Å². The summed E-state index contributed by atoms with van der Waals surface area (Å²) in [6, 6.07) is 9.65. The van der Waals surface area contributed by atoms with Crippen LogP contribution in [-0.2, 0) is 9.53 Å². The number of non-ortho nitro benzene ring substituents is 1. The molecular weight excluding hydrogens is 312 g/mol. The lowest BCUT2D eigenvalue weighted by Gasteiger charge is -2.25. The van der Waals surface area contributed by atoms with E-state index in [1.54, 1.807) is 35.2 Å². The maximum atomic E-state index is 12.0. The molecule has 124 valence electrons. The van der Waals surface area contributed by atoms with Crippen LogP contribution in [0.4, 0.5) is 5.69 Å². The van der Waals surface area contributed by atoms with Crippen molar-refractivity contribution in [1.29, 1.82) is 0 Å². The highest BCUT2D eigenvalue weighted by Crippen LogP contribution is 2.26. The SMILES string of the molecule is O=C(/C=C/c1ccc(-c2cccc([N+](=O)[O-])c2)o1)N1CCOCC1. The second kappa shape index (κ2) is 7.10. The normalized spacial score (nSPS) is 14.9. The molecule has 0 N–H and O–H groups in total. The molecule has 1 aromatic carbocycles. The van der Waals surface area contributed by atoms with E-state index in [-0.39, 0.29) is 11.6 Å². The maximum Gasteiger partial charge on any atom is 0.270 e. The van der Waals surface area contributed by atoms with Gasteiger partial charge in [-0.15, -0.1) is 0 Å². The van der Waals surface area contributed by atoms with Gasteiger partial charge in [0.05, 0.1) is 18.1 Å². The molecule has 0 radical (unpaired) electrons. The number of carbonyl (C=O) groups is 1. The first kappa shape index (κ1) is 15.9. The predicted octanol–water partition coefficient (Wildman–Crippen LogP) is 2.73. The average Bonchev–Trinajstić information content (AvgIpc) is 3.09. The summed E-state index contributed by atoms with van der Waals surface area (Å²) in [5.74, 6) is 0.932. The van der Waals surface area contributed by atoms with E-state index in [1.807, 2.05) is 0 Å². The molecule has 7 nitrogen and oxygen atoms in total. The van der Waals surface area contributed by atoms with E-state index in [0.717, 1.165) is 0 Å². The van der Waals surface area contributed by atoms with Gasteiger partial charge in [-0.3, -0.25) is 14.9 Å². The quantitative estimate of drug-likeness (QED) is 0.489. The fourth-order valence-corrected chi connectivity index (χ4v) is 2.41. The molecule has 1 aromatic heterocycles. The number of ether oxygens (including phenoxy) is 1. The lowest BCUT2D eigenvalue weighted by molar-refractivity contribution is -0.384. The molecule has 0 aliphatic carbocycles. The van der Waals surface area contributed by atoms with Gasteiger partial charge in [-0.2, -0.15) is 0 Å². The van der Waals surface area contributed by atoms with Gasteiger partial charge in [-0.05, 0) is 18.2 Å². The number of amides is 1. The minimum atomic E-state index is -0.450. The van der Waals surface area contributed by atoms with E-state index in [2.05, 4.69) is 0 Å². The van der Waals surface area contributed by atoms with Crippen LogP contribution < -0.4 is 0 Å². The molecule has 3 rings (SSSR count). The highest BCUT2D eigenvalue weighted by Gasteiger charge is 2.14. The van der Waals surface area contributed by atoms with Crippen molar-refractivity contribution in [2.75, 3.05) is 26.3 Å². The lowest BCUT2D eigenvalue weighted by atomic mass is 10.1. The van der Waals surface area contributed by atoms with Crippen LogP contribution in [0.1, 0.15) is 5.76 Å². The molecular formula is C17H16N2O5. The first-order valence-corrected chi connectivity index (χ1v) is 7.53. The number of carbonyl (C=O) groups excluding carboxylic acids is 1. The minimum Gasteiger partial charge on any atom is -0.457 e. The molecule has 24 heavy (non-hydrogen) atoms.